The monoisotopic (exact) mass is 201 g/mol. The van der Waals surface area contributed by atoms with Crippen LogP contribution in [-0.2, 0) is 0 Å². The van der Waals surface area contributed by atoms with Crippen molar-refractivity contribution >= 4 is 5.96 Å². The van der Waals surface area contributed by atoms with Crippen LogP contribution in [0.1, 0.15) is 24.4 Å². The number of aliphatic imine (C=N–C) groups is 1. The predicted molar refractivity (Wildman–Crippen MR) is 60.5 cm³/mol. The number of guanidine groups is 1. The third-order valence-electron chi connectivity index (χ3n) is 3.15. The second kappa shape index (κ2) is 3.26. The molecule has 0 bridgehead atoms. The van der Waals surface area contributed by atoms with Gasteiger partial charge in [0.2, 0.25) is 0 Å². The number of nitrogens with zero attached hydrogens (tertiary/aromatic N) is 2. The number of nitrogens with two attached hydrogens (primary N) is 1. The van der Waals surface area contributed by atoms with Gasteiger partial charge in [0.15, 0.2) is 5.96 Å². The van der Waals surface area contributed by atoms with Gasteiger partial charge in [-0.25, -0.2) is 0 Å². The van der Waals surface area contributed by atoms with E-state index in [0.717, 1.165) is 12.5 Å². The van der Waals surface area contributed by atoms with Gasteiger partial charge in [-0.2, -0.15) is 0 Å². The van der Waals surface area contributed by atoms with Gasteiger partial charge in [-0.3, -0.25) is 4.99 Å². The van der Waals surface area contributed by atoms with Gasteiger partial charge < -0.3 is 10.6 Å². The molecule has 1 aliphatic carbocycles. The summed E-state index contributed by atoms with van der Waals surface area (Å²) >= 11 is 0. The van der Waals surface area contributed by atoms with Crippen molar-refractivity contribution in [3.63, 3.8) is 0 Å². The molecule has 1 heterocycles. The molecule has 15 heavy (non-hydrogen) atoms. The Morgan fingerprint density at radius 1 is 1.20 bits per heavy atom. The van der Waals surface area contributed by atoms with Gasteiger partial charge in [0.05, 0.1) is 12.6 Å². The smallest absolute Gasteiger partial charge is 0.192 e. The van der Waals surface area contributed by atoms with Crippen LogP contribution in [0.4, 0.5) is 0 Å². The average Bonchev–Trinajstić information content (AvgIpc) is 3.03. The molecule has 1 aliphatic heterocycles. The first-order valence-corrected chi connectivity index (χ1v) is 5.49. The summed E-state index contributed by atoms with van der Waals surface area (Å²) in [5, 5.41) is 0. The van der Waals surface area contributed by atoms with Crippen molar-refractivity contribution in [3.05, 3.63) is 35.9 Å². The lowest BCUT2D eigenvalue weighted by Crippen LogP contribution is -2.37. The van der Waals surface area contributed by atoms with E-state index in [2.05, 4.69) is 34.2 Å². The minimum Gasteiger partial charge on any atom is -0.370 e. The fourth-order valence-electron chi connectivity index (χ4n) is 2.24. The maximum absolute atomic E-state index is 5.92. The van der Waals surface area contributed by atoms with E-state index < -0.39 is 0 Å². The Hall–Kier alpha value is -1.51. The predicted octanol–water partition coefficient (Wildman–Crippen LogP) is 1.52. The van der Waals surface area contributed by atoms with Crippen LogP contribution in [0, 0.1) is 0 Å². The molecule has 0 spiro atoms. The van der Waals surface area contributed by atoms with Crippen molar-refractivity contribution in [2.24, 2.45) is 10.7 Å². The van der Waals surface area contributed by atoms with E-state index in [1.165, 1.54) is 18.4 Å². The molecule has 1 fully saturated rings. The first-order valence-electron chi connectivity index (χ1n) is 5.49. The highest BCUT2D eigenvalue weighted by Crippen LogP contribution is 2.36. The van der Waals surface area contributed by atoms with Crippen LogP contribution in [-0.4, -0.2) is 23.4 Å². The molecule has 2 aliphatic rings. The minimum absolute atomic E-state index is 0.374. The van der Waals surface area contributed by atoms with E-state index in [1.54, 1.807) is 0 Å². The molecule has 1 atom stereocenters. The van der Waals surface area contributed by atoms with E-state index in [0.29, 0.717) is 12.1 Å². The van der Waals surface area contributed by atoms with Crippen LogP contribution in [0.25, 0.3) is 0 Å². The summed E-state index contributed by atoms with van der Waals surface area (Å²) in [7, 11) is 0. The normalized spacial score (nSPS) is 25.5. The molecule has 0 saturated heterocycles. The summed E-state index contributed by atoms with van der Waals surface area (Å²) in [5.74, 6) is 0.728. The summed E-state index contributed by atoms with van der Waals surface area (Å²) in [5.41, 5.74) is 7.25. The summed E-state index contributed by atoms with van der Waals surface area (Å²) in [6.45, 7) is 0.812. The lowest BCUT2D eigenvalue weighted by atomic mass is 10.1. The average molecular weight is 201 g/mol. The Bertz CT molecular complexity index is 381. The lowest BCUT2D eigenvalue weighted by Gasteiger charge is -2.26. The Labute approximate surface area is 89.6 Å². The van der Waals surface area contributed by atoms with Crippen molar-refractivity contribution in [1.29, 1.82) is 0 Å². The maximum atomic E-state index is 5.92. The topological polar surface area (TPSA) is 41.6 Å². The first kappa shape index (κ1) is 8.77. The van der Waals surface area contributed by atoms with Crippen molar-refractivity contribution in [2.75, 3.05) is 6.54 Å². The van der Waals surface area contributed by atoms with Crippen LogP contribution in [0.5, 0.6) is 0 Å². The van der Waals surface area contributed by atoms with Crippen molar-refractivity contribution < 1.29 is 0 Å². The van der Waals surface area contributed by atoms with E-state index >= 15 is 0 Å². The highest BCUT2D eigenvalue weighted by molar-refractivity contribution is 5.81. The molecule has 1 aromatic rings. The molecule has 0 aromatic heterocycles. The SMILES string of the molecule is NC1=NCC(c2ccccc2)N1C1CC1. The standard InChI is InChI=1S/C12H15N3/c13-12-14-8-11(15(12)10-6-7-10)9-4-2-1-3-5-9/h1-5,10-11H,6-8H2,(H2,13,14). The molecule has 1 aromatic carbocycles. The van der Waals surface area contributed by atoms with Crippen molar-refractivity contribution in [2.45, 2.75) is 24.9 Å². The number of benzene rings is 1. The van der Waals surface area contributed by atoms with Gasteiger partial charge in [-0.15, -0.1) is 0 Å². The lowest BCUT2D eigenvalue weighted by molar-refractivity contribution is 0.338. The molecule has 0 amide bonds. The molecule has 3 nitrogen and oxygen atoms in total. The van der Waals surface area contributed by atoms with Gasteiger partial charge in [0.25, 0.3) is 0 Å². The molecular weight excluding hydrogens is 186 g/mol. The Morgan fingerprint density at radius 2 is 1.93 bits per heavy atom. The molecule has 3 heteroatoms. The number of hydrogen-bond acceptors (Lipinski definition) is 3. The number of hydrogen-bond donors (Lipinski definition) is 1. The largest absolute Gasteiger partial charge is 0.370 e. The summed E-state index contributed by atoms with van der Waals surface area (Å²) in [6, 6.07) is 11.5. The zero-order valence-electron chi connectivity index (χ0n) is 8.63. The van der Waals surface area contributed by atoms with Crippen molar-refractivity contribution in [3.8, 4) is 0 Å². The summed E-state index contributed by atoms with van der Waals surface area (Å²) < 4.78 is 0. The Kier molecular flexibility index (Phi) is 1.91. The van der Waals surface area contributed by atoms with E-state index in [-0.39, 0.29) is 0 Å². The van der Waals surface area contributed by atoms with Gasteiger partial charge >= 0.3 is 0 Å². The molecule has 78 valence electrons. The van der Waals surface area contributed by atoms with E-state index in [4.69, 9.17) is 5.73 Å². The third-order valence-corrected chi connectivity index (χ3v) is 3.15. The molecule has 1 saturated carbocycles. The van der Waals surface area contributed by atoms with Crippen LogP contribution in [0.2, 0.25) is 0 Å². The van der Waals surface area contributed by atoms with Crippen LogP contribution in [0.3, 0.4) is 0 Å². The first-order chi connectivity index (χ1) is 7.36. The highest BCUT2D eigenvalue weighted by atomic mass is 15.4. The molecular formula is C12H15N3. The molecule has 2 N–H and O–H groups in total. The second-order valence-corrected chi connectivity index (χ2v) is 4.26. The van der Waals surface area contributed by atoms with Gasteiger partial charge in [-0.05, 0) is 18.4 Å². The van der Waals surface area contributed by atoms with Gasteiger partial charge in [0.1, 0.15) is 0 Å². The third kappa shape index (κ3) is 1.48. The Morgan fingerprint density at radius 3 is 2.60 bits per heavy atom. The second-order valence-electron chi connectivity index (χ2n) is 4.26. The van der Waals surface area contributed by atoms with Crippen LogP contribution < -0.4 is 5.73 Å². The molecule has 3 rings (SSSR count). The van der Waals surface area contributed by atoms with Crippen LogP contribution in [0.15, 0.2) is 35.3 Å². The van der Waals surface area contributed by atoms with E-state index in [1.807, 2.05) is 6.07 Å². The molecule has 0 radical (unpaired) electrons. The fourth-order valence-corrected chi connectivity index (χ4v) is 2.24. The van der Waals surface area contributed by atoms with Crippen molar-refractivity contribution in [1.82, 2.24) is 4.90 Å². The Balaban J connectivity index is 1.88. The number of rotatable bonds is 2. The summed E-state index contributed by atoms with van der Waals surface area (Å²) in [4.78, 5) is 6.64. The maximum Gasteiger partial charge on any atom is 0.192 e. The zero-order valence-corrected chi connectivity index (χ0v) is 8.63. The van der Waals surface area contributed by atoms with Crippen LogP contribution >= 0.6 is 0 Å². The zero-order chi connectivity index (χ0) is 10.3. The minimum atomic E-state index is 0.374. The van der Waals surface area contributed by atoms with Gasteiger partial charge in [0, 0.05) is 6.04 Å². The molecule has 1 unspecified atom stereocenters. The van der Waals surface area contributed by atoms with Gasteiger partial charge in [-0.1, -0.05) is 30.3 Å². The van der Waals surface area contributed by atoms with E-state index in [9.17, 15) is 0 Å². The fraction of sp³-hybridized carbons (Fsp3) is 0.417. The highest BCUT2D eigenvalue weighted by Gasteiger charge is 2.38. The quantitative estimate of drug-likeness (QED) is 0.788. The summed E-state index contributed by atoms with van der Waals surface area (Å²) in [6.07, 6.45) is 2.53.